The third kappa shape index (κ3) is 2.76. The summed E-state index contributed by atoms with van der Waals surface area (Å²) in [5.41, 5.74) is 2.26. The van der Waals surface area contributed by atoms with Crippen LogP contribution in [0, 0.1) is 12.8 Å². The highest BCUT2D eigenvalue weighted by molar-refractivity contribution is 9.10. The van der Waals surface area contributed by atoms with Crippen molar-refractivity contribution in [3.8, 4) is 0 Å². The fourth-order valence-corrected chi connectivity index (χ4v) is 6.18. The van der Waals surface area contributed by atoms with E-state index in [0.29, 0.717) is 19.0 Å². The van der Waals surface area contributed by atoms with E-state index in [-0.39, 0.29) is 29.8 Å². The van der Waals surface area contributed by atoms with Gasteiger partial charge in [0.1, 0.15) is 4.88 Å². The van der Waals surface area contributed by atoms with Crippen LogP contribution in [0.3, 0.4) is 0 Å². The molecule has 0 spiro atoms. The van der Waals surface area contributed by atoms with Gasteiger partial charge in [-0.15, -0.1) is 11.3 Å². The Morgan fingerprint density at radius 2 is 1.96 bits per heavy atom. The van der Waals surface area contributed by atoms with Gasteiger partial charge in [0, 0.05) is 36.7 Å². The average Bonchev–Trinajstić information content (AvgIpc) is 3.00. The first-order valence-corrected chi connectivity index (χ1v) is 10.9. The van der Waals surface area contributed by atoms with E-state index in [1.165, 1.54) is 11.3 Å². The van der Waals surface area contributed by atoms with E-state index in [0.717, 1.165) is 33.3 Å². The van der Waals surface area contributed by atoms with E-state index < -0.39 is 0 Å². The summed E-state index contributed by atoms with van der Waals surface area (Å²) >= 11 is 5.03. The Kier molecular flexibility index (Phi) is 3.98. The Morgan fingerprint density at radius 1 is 1.22 bits per heavy atom. The molecule has 2 aromatic heterocycles. The van der Waals surface area contributed by atoms with Crippen LogP contribution in [-0.4, -0.2) is 56.6 Å². The number of thiophene rings is 1. The number of aromatic nitrogens is 2. The molecule has 1 saturated carbocycles. The predicted molar refractivity (Wildman–Crippen MR) is 106 cm³/mol. The monoisotopic (exact) mass is 448 g/mol. The molecule has 4 heterocycles. The molecule has 3 fully saturated rings. The lowest BCUT2D eigenvalue weighted by Crippen LogP contribution is -2.51. The van der Waals surface area contributed by atoms with Gasteiger partial charge in [-0.3, -0.25) is 14.3 Å². The van der Waals surface area contributed by atoms with Gasteiger partial charge in [-0.25, -0.2) is 0 Å². The van der Waals surface area contributed by atoms with Crippen LogP contribution in [0.25, 0.3) is 0 Å². The van der Waals surface area contributed by atoms with Crippen LogP contribution in [0.1, 0.15) is 39.6 Å². The summed E-state index contributed by atoms with van der Waals surface area (Å²) in [4.78, 5) is 30.7. The van der Waals surface area contributed by atoms with Gasteiger partial charge in [-0.05, 0) is 58.1 Å². The van der Waals surface area contributed by atoms with E-state index in [1.54, 1.807) is 4.68 Å². The summed E-state index contributed by atoms with van der Waals surface area (Å²) in [5.74, 6) is 0.760. The van der Waals surface area contributed by atoms with Crippen LogP contribution in [0.15, 0.2) is 22.2 Å². The number of amides is 2. The molecule has 2 bridgehead atoms. The molecule has 2 aromatic rings. The van der Waals surface area contributed by atoms with Gasteiger partial charge < -0.3 is 9.80 Å². The summed E-state index contributed by atoms with van der Waals surface area (Å²) in [6, 6.07) is 0.317. The van der Waals surface area contributed by atoms with Gasteiger partial charge in [-0.2, -0.15) is 5.10 Å². The van der Waals surface area contributed by atoms with Gasteiger partial charge in [0.2, 0.25) is 5.91 Å². The lowest BCUT2D eigenvalue weighted by molar-refractivity contribution is -0.134. The highest BCUT2D eigenvalue weighted by atomic mass is 79.9. The summed E-state index contributed by atoms with van der Waals surface area (Å²) in [6.07, 6.45) is 5.71. The Labute approximate surface area is 170 Å². The van der Waals surface area contributed by atoms with Crippen molar-refractivity contribution in [3.63, 3.8) is 0 Å². The standard InChI is InChI=1S/C19H21BrN4O2S/c1-10-9-27-17(16(10)20)19(26)24-8-12-3-13(24)7-23(12)18(25)15-4-14(15)11-5-21-22(2)6-11/h5-6,9,12-15H,3-4,7-8H2,1-2H3/t12-,13-,14-,15+/m0/s1. The van der Waals surface area contributed by atoms with Crippen molar-refractivity contribution in [2.75, 3.05) is 13.1 Å². The lowest BCUT2D eigenvalue weighted by Gasteiger charge is -2.34. The summed E-state index contributed by atoms with van der Waals surface area (Å²) in [7, 11) is 1.90. The molecule has 5 rings (SSSR count). The molecule has 4 atom stereocenters. The van der Waals surface area contributed by atoms with Gasteiger partial charge in [0.25, 0.3) is 5.91 Å². The number of rotatable bonds is 3. The summed E-state index contributed by atoms with van der Waals surface area (Å²) in [5, 5.41) is 6.23. The number of aryl methyl sites for hydroxylation is 2. The molecule has 0 unspecified atom stereocenters. The third-order valence-electron chi connectivity index (χ3n) is 6.14. The fraction of sp³-hybridized carbons (Fsp3) is 0.526. The number of halogens is 1. The number of fused-ring (bicyclic) bond motifs is 2. The molecular weight excluding hydrogens is 428 g/mol. The lowest BCUT2D eigenvalue weighted by atomic mass is 10.1. The van der Waals surface area contributed by atoms with E-state index >= 15 is 0 Å². The highest BCUT2D eigenvalue weighted by Gasteiger charge is 2.53. The van der Waals surface area contributed by atoms with Gasteiger partial charge >= 0.3 is 0 Å². The quantitative estimate of drug-likeness (QED) is 0.724. The molecule has 2 amide bonds. The Hall–Kier alpha value is -1.67. The number of hydrogen-bond acceptors (Lipinski definition) is 4. The number of likely N-dealkylation sites (tertiary alicyclic amines) is 2. The van der Waals surface area contributed by atoms with Gasteiger partial charge in [0.15, 0.2) is 0 Å². The Morgan fingerprint density at radius 3 is 2.56 bits per heavy atom. The van der Waals surface area contributed by atoms with Gasteiger partial charge in [0.05, 0.1) is 18.3 Å². The minimum absolute atomic E-state index is 0.0896. The van der Waals surface area contributed by atoms with Crippen LogP contribution < -0.4 is 0 Å². The van der Waals surface area contributed by atoms with E-state index in [4.69, 9.17) is 0 Å². The van der Waals surface area contributed by atoms with Gasteiger partial charge in [-0.1, -0.05) is 0 Å². The molecule has 8 heteroatoms. The van der Waals surface area contributed by atoms with Crippen LogP contribution in [0.5, 0.6) is 0 Å². The number of carbonyl (C=O) groups is 2. The third-order valence-corrected chi connectivity index (χ3v) is 8.51. The molecule has 2 saturated heterocycles. The van der Waals surface area contributed by atoms with Crippen molar-refractivity contribution in [1.82, 2.24) is 19.6 Å². The maximum absolute atomic E-state index is 13.0. The molecule has 6 nitrogen and oxygen atoms in total. The molecule has 3 aliphatic rings. The van der Waals surface area contributed by atoms with Crippen molar-refractivity contribution in [2.45, 2.75) is 37.8 Å². The van der Waals surface area contributed by atoms with Crippen molar-refractivity contribution in [3.05, 3.63) is 38.3 Å². The average molecular weight is 449 g/mol. The van der Waals surface area contributed by atoms with E-state index in [2.05, 4.69) is 21.0 Å². The molecule has 27 heavy (non-hydrogen) atoms. The molecule has 0 radical (unpaired) electrons. The number of piperazine rings is 1. The first-order chi connectivity index (χ1) is 12.9. The van der Waals surface area contributed by atoms with Crippen molar-refractivity contribution < 1.29 is 9.59 Å². The fourth-order valence-electron chi connectivity index (χ4n) is 4.57. The predicted octanol–water partition coefficient (Wildman–Crippen LogP) is 2.78. The Bertz CT molecular complexity index is 938. The first kappa shape index (κ1) is 17.4. The Balaban J connectivity index is 1.25. The topological polar surface area (TPSA) is 58.4 Å². The molecule has 142 valence electrons. The maximum atomic E-state index is 13.0. The van der Waals surface area contributed by atoms with Crippen LogP contribution >= 0.6 is 27.3 Å². The largest absolute Gasteiger partial charge is 0.336 e. The highest BCUT2D eigenvalue weighted by Crippen LogP contribution is 2.49. The molecule has 0 N–H and O–H groups in total. The van der Waals surface area contributed by atoms with Crippen LogP contribution in [-0.2, 0) is 11.8 Å². The van der Waals surface area contributed by atoms with Crippen molar-refractivity contribution >= 4 is 39.1 Å². The zero-order chi connectivity index (χ0) is 18.9. The maximum Gasteiger partial charge on any atom is 0.265 e. The number of carbonyl (C=O) groups excluding carboxylic acids is 2. The number of hydrogen-bond donors (Lipinski definition) is 0. The summed E-state index contributed by atoms with van der Waals surface area (Å²) in [6.45, 7) is 3.33. The second-order valence-electron chi connectivity index (χ2n) is 7.95. The van der Waals surface area contributed by atoms with Crippen LogP contribution in [0.4, 0.5) is 0 Å². The van der Waals surface area contributed by atoms with Crippen LogP contribution in [0.2, 0.25) is 0 Å². The SMILES string of the molecule is Cc1csc(C(=O)N2C[C@@H]3C[C@H]2CN3C(=O)[C@@H]2C[C@H]2c2cnn(C)c2)c1Br. The molecule has 1 aliphatic carbocycles. The minimum Gasteiger partial charge on any atom is -0.336 e. The van der Waals surface area contributed by atoms with Crippen molar-refractivity contribution in [1.29, 1.82) is 0 Å². The zero-order valence-electron chi connectivity index (χ0n) is 15.3. The minimum atomic E-state index is 0.0896. The smallest absolute Gasteiger partial charge is 0.265 e. The zero-order valence-corrected chi connectivity index (χ0v) is 17.7. The van der Waals surface area contributed by atoms with E-state index in [9.17, 15) is 9.59 Å². The van der Waals surface area contributed by atoms with Crippen molar-refractivity contribution in [2.24, 2.45) is 13.0 Å². The first-order valence-electron chi connectivity index (χ1n) is 9.27. The van der Waals surface area contributed by atoms with E-state index in [1.807, 2.05) is 41.5 Å². The second-order valence-corrected chi connectivity index (χ2v) is 9.62. The molecule has 0 aromatic carbocycles. The summed E-state index contributed by atoms with van der Waals surface area (Å²) < 4.78 is 2.70. The normalized spacial score (nSPS) is 28.9. The molecule has 2 aliphatic heterocycles. The molecular formula is C19H21BrN4O2S. The number of nitrogens with zero attached hydrogens (tertiary/aromatic N) is 4. The second kappa shape index (κ2) is 6.17.